The predicted molar refractivity (Wildman–Crippen MR) is 57.3 cm³/mol. The van der Waals surface area contributed by atoms with Crippen molar-refractivity contribution in [3.63, 3.8) is 0 Å². The molecule has 1 fully saturated rings. The normalized spacial score (nSPS) is 16.5. The van der Waals surface area contributed by atoms with Crippen LogP contribution in [0.15, 0.2) is 0 Å². The minimum atomic E-state index is 0.0800. The quantitative estimate of drug-likeness (QED) is 0.664. The lowest BCUT2D eigenvalue weighted by molar-refractivity contribution is 0.216. The monoisotopic (exact) mass is 199 g/mol. The number of nitrogens with zero attached hydrogens (tertiary/aromatic N) is 1. The van der Waals surface area contributed by atoms with Crippen LogP contribution < -0.4 is 10.6 Å². The average Bonchev–Trinajstić information content (AvgIpc) is 2.59. The van der Waals surface area contributed by atoms with Gasteiger partial charge in [-0.25, -0.2) is 4.79 Å². The molecule has 82 valence electrons. The van der Waals surface area contributed by atoms with Gasteiger partial charge in [0.15, 0.2) is 0 Å². The van der Waals surface area contributed by atoms with E-state index in [9.17, 15) is 4.79 Å². The van der Waals surface area contributed by atoms with Gasteiger partial charge in [0.05, 0.1) is 0 Å². The first kappa shape index (κ1) is 11.3. The molecule has 2 amide bonds. The molecule has 1 aliphatic heterocycles. The molecule has 0 aliphatic carbocycles. The Morgan fingerprint density at radius 3 is 2.71 bits per heavy atom. The summed E-state index contributed by atoms with van der Waals surface area (Å²) in [6.45, 7) is 7.74. The molecule has 0 atom stereocenters. The lowest BCUT2D eigenvalue weighted by Gasteiger charge is -2.18. The summed E-state index contributed by atoms with van der Waals surface area (Å²) < 4.78 is 0. The lowest BCUT2D eigenvalue weighted by Crippen LogP contribution is -2.38. The van der Waals surface area contributed by atoms with Crippen molar-refractivity contribution >= 4 is 6.03 Å². The van der Waals surface area contributed by atoms with Gasteiger partial charge in [-0.05, 0) is 12.8 Å². The first-order chi connectivity index (χ1) is 6.77. The smallest absolute Gasteiger partial charge is 0.317 e. The molecule has 1 aliphatic rings. The highest BCUT2D eigenvalue weighted by Gasteiger charge is 2.18. The number of rotatable bonds is 6. The van der Waals surface area contributed by atoms with Gasteiger partial charge in [-0.1, -0.05) is 13.8 Å². The Bertz CT molecular complexity index is 180. The maximum Gasteiger partial charge on any atom is 0.317 e. The third-order valence-electron chi connectivity index (χ3n) is 2.75. The molecule has 14 heavy (non-hydrogen) atoms. The summed E-state index contributed by atoms with van der Waals surface area (Å²) in [5.41, 5.74) is 0. The van der Waals surface area contributed by atoms with Crippen molar-refractivity contribution in [2.45, 2.75) is 32.7 Å². The standard InChI is InChI=1S/C10H21N3O/c1-3-9(4-2)11-5-7-13-8-6-12-10(13)14/h9,11H,3-8H2,1-2H3,(H,12,14). The minimum Gasteiger partial charge on any atom is -0.336 e. The largest absolute Gasteiger partial charge is 0.336 e. The first-order valence-electron chi connectivity index (χ1n) is 5.54. The number of hydrogen-bond donors (Lipinski definition) is 2. The average molecular weight is 199 g/mol. The summed E-state index contributed by atoms with van der Waals surface area (Å²) >= 11 is 0. The van der Waals surface area contributed by atoms with E-state index in [1.54, 1.807) is 0 Å². The Morgan fingerprint density at radius 1 is 1.50 bits per heavy atom. The third-order valence-corrected chi connectivity index (χ3v) is 2.75. The van der Waals surface area contributed by atoms with E-state index >= 15 is 0 Å². The molecule has 0 saturated carbocycles. The predicted octanol–water partition coefficient (Wildman–Crippen LogP) is 0.790. The SMILES string of the molecule is CCC(CC)NCCN1CCNC1=O. The van der Waals surface area contributed by atoms with Crippen LogP contribution in [0, 0.1) is 0 Å². The van der Waals surface area contributed by atoms with Crippen molar-refractivity contribution in [1.82, 2.24) is 15.5 Å². The van der Waals surface area contributed by atoms with Crippen molar-refractivity contribution in [1.29, 1.82) is 0 Å². The molecular weight excluding hydrogens is 178 g/mol. The van der Waals surface area contributed by atoms with Crippen LogP contribution in [-0.4, -0.2) is 43.2 Å². The highest BCUT2D eigenvalue weighted by molar-refractivity contribution is 5.76. The fourth-order valence-electron chi connectivity index (χ4n) is 1.71. The molecule has 4 nitrogen and oxygen atoms in total. The number of urea groups is 1. The van der Waals surface area contributed by atoms with Crippen LogP contribution in [0.25, 0.3) is 0 Å². The highest BCUT2D eigenvalue weighted by Crippen LogP contribution is 1.97. The molecule has 0 spiro atoms. The molecule has 2 N–H and O–H groups in total. The van der Waals surface area contributed by atoms with Crippen molar-refractivity contribution in [3.8, 4) is 0 Å². The summed E-state index contributed by atoms with van der Waals surface area (Å²) in [7, 11) is 0. The van der Waals surface area contributed by atoms with E-state index in [1.807, 2.05) is 4.90 Å². The Morgan fingerprint density at radius 2 is 2.21 bits per heavy atom. The van der Waals surface area contributed by atoms with Crippen LogP contribution >= 0.6 is 0 Å². The summed E-state index contributed by atoms with van der Waals surface area (Å²) in [4.78, 5) is 13.0. The molecule has 0 aromatic heterocycles. The van der Waals surface area contributed by atoms with E-state index in [-0.39, 0.29) is 6.03 Å². The van der Waals surface area contributed by atoms with Crippen molar-refractivity contribution in [2.75, 3.05) is 26.2 Å². The van der Waals surface area contributed by atoms with Gasteiger partial charge in [-0.3, -0.25) is 0 Å². The summed E-state index contributed by atoms with van der Waals surface area (Å²) in [5.74, 6) is 0. The second-order valence-corrected chi connectivity index (χ2v) is 3.69. The molecule has 0 aromatic rings. The van der Waals surface area contributed by atoms with Gasteiger partial charge >= 0.3 is 6.03 Å². The van der Waals surface area contributed by atoms with Crippen molar-refractivity contribution in [3.05, 3.63) is 0 Å². The third kappa shape index (κ3) is 3.18. The summed E-state index contributed by atoms with van der Waals surface area (Å²) in [6, 6.07) is 0.678. The summed E-state index contributed by atoms with van der Waals surface area (Å²) in [6.07, 6.45) is 2.31. The van der Waals surface area contributed by atoms with Crippen LogP contribution in [0.4, 0.5) is 4.79 Å². The highest BCUT2D eigenvalue weighted by atomic mass is 16.2. The Balaban J connectivity index is 2.11. The van der Waals surface area contributed by atoms with Gasteiger partial charge < -0.3 is 15.5 Å². The molecule has 1 heterocycles. The lowest BCUT2D eigenvalue weighted by atomic mass is 10.2. The fraction of sp³-hybridized carbons (Fsp3) is 0.900. The van der Waals surface area contributed by atoms with Gasteiger partial charge in [-0.15, -0.1) is 0 Å². The van der Waals surface area contributed by atoms with E-state index in [2.05, 4.69) is 24.5 Å². The number of amides is 2. The van der Waals surface area contributed by atoms with Gasteiger partial charge in [-0.2, -0.15) is 0 Å². The van der Waals surface area contributed by atoms with Gasteiger partial charge in [0, 0.05) is 32.2 Å². The topological polar surface area (TPSA) is 44.4 Å². The maximum absolute atomic E-state index is 11.2. The van der Waals surface area contributed by atoms with Crippen LogP contribution in [-0.2, 0) is 0 Å². The molecule has 0 unspecified atom stereocenters. The Hall–Kier alpha value is -0.770. The molecule has 1 rings (SSSR count). The second kappa shape index (κ2) is 5.86. The molecule has 0 bridgehead atoms. The molecule has 4 heteroatoms. The zero-order valence-electron chi connectivity index (χ0n) is 9.18. The van der Waals surface area contributed by atoms with Gasteiger partial charge in [0.1, 0.15) is 0 Å². The molecule has 0 radical (unpaired) electrons. The Labute approximate surface area is 86.0 Å². The summed E-state index contributed by atoms with van der Waals surface area (Å²) in [5, 5.41) is 6.24. The number of carbonyl (C=O) groups excluding carboxylic acids is 1. The Kier molecular flexibility index (Phi) is 4.73. The van der Waals surface area contributed by atoms with E-state index in [0.717, 1.165) is 39.0 Å². The van der Waals surface area contributed by atoms with Crippen LogP contribution in [0.5, 0.6) is 0 Å². The van der Waals surface area contributed by atoms with Crippen molar-refractivity contribution in [2.24, 2.45) is 0 Å². The van der Waals surface area contributed by atoms with Crippen LogP contribution in [0.3, 0.4) is 0 Å². The van der Waals surface area contributed by atoms with E-state index in [1.165, 1.54) is 0 Å². The van der Waals surface area contributed by atoms with E-state index in [0.29, 0.717) is 6.04 Å². The van der Waals surface area contributed by atoms with Gasteiger partial charge in [0.25, 0.3) is 0 Å². The first-order valence-corrected chi connectivity index (χ1v) is 5.54. The zero-order chi connectivity index (χ0) is 10.4. The number of nitrogens with one attached hydrogen (secondary N) is 2. The minimum absolute atomic E-state index is 0.0800. The zero-order valence-corrected chi connectivity index (χ0v) is 9.18. The second-order valence-electron chi connectivity index (χ2n) is 3.69. The molecule has 1 saturated heterocycles. The van der Waals surface area contributed by atoms with Crippen LogP contribution in [0.2, 0.25) is 0 Å². The van der Waals surface area contributed by atoms with Crippen molar-refractivity contribution < 1.29 is 4.79 Å². The fourth-order valence-corrected chi connectivity index (χ4v) is 1.71. The molecular formula is C10H21N3O. The number of carbonyl (C=O) groups is 1. The van der Waals surface area contributed by atoms with E-state index < -0.39 is 0 Å². The number of hydrogen-bond acceptors (Lipinski definition) is 2. The van der Waals surface area contributed by atoms with Gasteiger partial charge in [0.2, 0.25) is 0 Å². The van der Waals surface area contributed by atoms with E-state index in [4.69, 9.17) is 0 Å². The van der Waals surface area contributed by atoms with Crippen LogP contribution in [0.1, 0.15) is 26.7 Å². The molecule has 0 aromatic carbocycles. The maximum atomic E-state index is 11.2.